The Morgan fingerprint density at radius 2 is 0.800 bits per heavy atom. The summed E-state index contributed by atoms with van der Waals surface area (Å²) in [5.74, 6) is -2.40. The second-order valence-corrected chi connectivity index (χ2v) is 7.72. The molecular weight excluding hydrogens is 384 g/mol. The fourth-order valence-electron chi connectivity index (χ4n) is 2.90. The molecule has 0 fully saturated rings. The minimum absolute atomic E-state index is 0.0628. The van der Waals surface area contributed by atoms with Crippen LogP contribution >= 0.6 is 0 Å². The fraction of sp³-hybridized carbons (Fsp3) is 0.792. The molecule has 0 aliphatic carbocycles. The summed E-state index contributed by atoms with van der Waals surface area (Å²) in [5.41, 5.74) is 0. The summed E-state index contributed by atoms with van der Waals surface area (Å²) in [6, 6.07) is 0. The SMILES string of the molecule is CCCCCCCC/C=C\CCCCCCCC(=O)O.O=C(O)CCCCC(=O)O. The Hall–Kier alpha value is -1.85. The Morgan fingerprint density at radius 3 is 1.17 bits per heavy atom. The zero-order valence-corrected chi connectivity index (χ0v) is 18.9. The highest BCUT2D eigenvalue weighted by Crippen LogP contribution is 2.09. The molecule has 30 heavy (non-hydrogen) atoms. The van der Waals surface area contributed by atoms with Gasteiger partial charge in [0.25, 0.3) is 0 Å². The van der Waals surface area contributed by atoms with Crippen molar-refractivity contribution in [2.75, 3.05) is 0 Å². The van der Waals surface area contributed by atoms with E-state index in [9.17, 15) is 14.4 Å². The number of aliphatic carboxylic acids is 3. The van der Waals surface area contributed by atoms with Gasteiger partial charge < -0.3 is 15.3 Å². The zero-order chi connectivity index (χ0) is 22.9. The lowest BCUT2D eigenvalue weighted by Crippen LogP contribution is -1.97. The maximum Gasteiger partial charge on any atom is 0.303 e. The van der Waals surface area contributed by atoms with Crippen molar-refractivity contribution in [2.24, 2.45) is 0 Å². The van der Waals surface area contributed by atoms with Crippen LogP contribution in [0.15, 0.2) is 12.2 Å². The van der Waals surface area contributed by atoms with Crippen molar-refractivity contribution in [1.29, 1.82) is 0 Å². The van der Waals surface area contributed by atoms with E-state index in [4.69, 9.17) is 15.3 Å². The number of rotatable bonds is 20. The lowest BCUT2D eigenvalue weighted by molar-refractivity contribution is -0.139. The summed E-state index contributed by atoms with van der Waals surface area (Å²) >= 11 is 0. The van der Waals surface area contributed by atoms with Crippen molar-refractivity contribution in [3.63, 3.8) is 0 Å². The van der Waals surface area contributed by atoms with E-state index in [2.05, 4.69) is 19.1 Å². The summed E-state index contributed by atoms with van der Waals surface area (Å²) in [7, 11) is 0. The van der Waals surface area contributed by atoms with Gasteiger partial charge in [-0.05, 0) is 44.9 Å². The Morgan fingerprint density at radius 1 is 0.500 bits per heavy atom. The van der Waals surface area contributed by atoms with E-state index in [1.807, 2.05) is 0 Å². The topological polar surface area (TPSA) is 112 Å². The third-order valence-electron chi connectivity index (χ3n) is 4.68. The smallest absolute Gasteiger partial charge is 0.303 e. The molecular formula is C24H44O6. The second kappa shape index (κ2) is 25.2. The van der Waals surface area contributed by atoms with E-state index in [0.717, 1.165) is 12.8 Å². The second-order valence-electron chi connectivity index (χ2n) is 7.72. The van der Waals surface area contributed by atoms with Crippen LogP contribution in [0.3, 0.4) is 0 Å². The van der Waals surface area contributed by atoms with Crippen molar-refractivity contribution >= 4 is 17.9 Å². The largest absolute Gasteiger partial charge is 0.481 e. The fourth-order valence-corrected chi connectivity index (χ4v) is 2.90. The van der Waals surface area contributed by atoms with E-state index in [1.54, 1.807) is 0 Å². The maximum atomic E-state index is 10.3. The molecule has 0 aromatic carbocycles. The highest BCUT2D eigenvalue weighted by atomic mass is 16.4. The molecule has 6 nitrogen and oxygen atoms in total. The van der Waals surface area contributed by atoms with Crippen molar-refractivity contribution in [3.8, 4) is 0 Å². The predicted molar refractivity (Wildman–Crippen MR) is 121 cm³/mol. The number of allylic oxidation sites excluding steroid dienone is 2. The normalized spacial score (nSPS) is 10.6. The first-order valence-electron chi connectivity index (χ1n) is 11.7. The van der Waals surface area contributed by atoms with Gasteiger partial charge in [0.05, 0.1) is 0 Å². The Kier molecular flexibility index (Phi) is 25.5. The molecule has 0 amide bonds. The van der Waals surface area contributed by atoms with Gasteiger partial charge in [0.1, 0.15) is 0 Å². The summed E-state index contributed by atoms with van der Waals surface area (Å²) < 4.78 is 0. The Bertz CT molecular complexity index is 429. The average Bonchev–Trinajstić information content (AvgIpc) is 2.68. The molecule has 0 aromatic heterocycles. The monoisotopic (exact) mass is 428 g/mol. The van der Waals surface area contributed by atoms with Gasteiger partial charge in [-0.1, -0.05) is 70.4 Å². The van der Waals surface area contributed by atoms with E-state index in [-0.39, 0.29) is 12.8 Å². The maximum absolute atomic E-state index is 10.3. The molecule has 0 aliphatic heterocycles. The van der Waals surface area contributed by atoms with Crippen LogP contribution in [0.5, 0.6) is 0 Å². The van der Waals surface area contributed by atoms with Crippen LogP contribution in [0.4, 0.5) is 0 Å². The molecule has 3 N–H and O–H groups in total. The first-order valence-corrected chi connectivity index (χ1v) is 11.7. The molecule has 0 rings (SSSR count). The molecule has 0 unspecified atom stereocenters. The van der Waals surface area contributed by atoms with Gasteiger partial charge in [-0.15, -0.1) is 0 Å². The highest BCUT2D eigenvalue weighted by Gasteiger charge is 1.99. The molecule has 0 saturated carbocycles. The van der Waals surface area contributed by atoms with Crippen molar-refractivity contribution in [1.82, 2.24) is 0 Å². The number of carbonyl (C=O) groups is 3. The van der Waals surface area contributed by atoms with Crippen LogP contribution < -0.4 is 0 Å². The van der Waals surface area contributed by atoms with E-state index < -0.39 is 17.9 Å². The van der Waals surface area contributed by atoms with Crippen LogP contribution in [-0.2, 0) is 14.4 Å². The minimum atomic E-state index is -0.870. The van der Waals surface area contributed by atoms with Crippen LogP contribution in [0.1, 0.15) is 122 Å². The number of carboxylic acid groups (broad SMARTS) is 3. The van der Waals surface area contributed by atoms with Crippen molar-refractivity contribution in [3.05, 3.63) is 12.2 Å². The molecule has 0 spiro atoms. The Balaban J connectivity index is 0. The first-order chi connectivity index (χ1) is 14.4. The standard InChI is InChI=1S/C18H34O2.C6H10O4/c1-2-3-4-5-6-7-8-9-10-11-12-13-14-15-16-17-18(19)20;7-5(8)3-1-2-4-6(9)10/h9-10H,2-8,11-17H2,1H3,(H,19,20);1-4H2,(H,7,8)(H,9,10)/b10-9-;. The molecule has 0 heterocycles. The number of hydrogen-bond acceptors (Lipinski definition) is 3. The summed E-state index contributed by atoms with van der Waals surface area (Å²) in [6.45, 7) is 2.26. The van der Waals surface area contributed by atoms with E-state index in [1.165, 1.54) is 70.6 Å². The van der Waals surface area contributed by atoms with Gasteiger partial charge in [0, 0.05) is 19.3 Å². The highest BCUT2D eigenvalue weighted by molar-refractivity contribution is 5.68. The van der Waals surface area contributed by atoms with Crippen LogP contribution in [0, 0.1) is 0 Å². The van der Waals surface area contributed by atoms with Crippen LogP contribution in [0.25, 0.3) is 0 Å². The van der Waals surface area contributed by atoms with Gasteiger partial charge in [-0.25, -0.2) is 0 Å². The zero-order valence-electron chi connectivity index (χ0n) is 18.9. The lowest BCUT2D eigenvalue weighted by Gasteiger charge is -1.99. The molecule has 0 bridgehead atoms. The van der Waals surface area contributed by atoms with Gasteiger partial charge in [-0.3, -0.25) is 14.4 Å². The number of hydrogen-bond donors (Lipinski definition) is 3. The third kappa shape index (κ3) is 33.7. The molecule has 0 aromatic rings. The van der Waals surface area contributed by atoms with Crippen LogP contribution in [-0.4, -0.2) is 33.2 Å². The lowest BCUT2D eigenvalue weighted by atomic mass is 10.1. The first kappa shape index (κ1) is 30.3. The van der Waals surface area contributed by atoms with E-state index >= 15 is 0 Å². The number of unbranched alkanes of at least 4 members (excludes halogenated alkanes) is 12. The van der Waals surface area contributed by atoms with Crippen molar-refractivity contribution in [2.45, 2.75) is 122 Å². The van der Waals surface area contributed by atoms with E-state index in [0.29, 0.717) is 19.3 Å². The summed E-state index contributed by atoms with van der Waals surface area (Å²) in [5, 5.41) is 24.8. The third-order valence-corrected chi connectivity index (χ3v) is 4.68. The molecule has 176 valence electrons. The summed E-state index contributed by atoms with van der Waals surface area (Å²) in [6.07, 6.45) is 22.3. The van der Waals surface area contributed by atoms with Crippen molar-refractivity contribution < 1.29 is 29.7 Å². The minimum Gasteiger partial charge on any atom is -0.481 e. The molecule has 0 aliphatic rings. The number of carboxylic acids is 3. The Labute approximate surface area is 182 Å². The van der Waals surface area contributed by atoms with Gasteiger partial charge in [0.2, 0.25) is 0 Å². The van der Waals surface area contributed by atoms with Gasteiger partial charge in [0.15, 0.2) is 0 Å². The molecule has 6 heteroatoms. The van der Waals surface area contributed by atoms with Crippen LogP contribution in [0.2, 0.25) is 0 Å². The average molecular weight is 429 g/mol. The molecule has 0 radical (unpaired) electrons. The van der Waals surface area contributed by atoms with Gasteiger partial charge >= 0.3 is 17.9 Å². The quantitative estimate of drug-likeness (QED) is 0.145. The molecule has 0 saturated heterocycles. The molecule has 0 atom stereocenters. The summed E-state index contributed by atoms with van der Waals surface area (Å²) in [4.78, 5) is 30.1. The van der Waals surface area contributed by atoms with Gasteiger partial charge in [-0.2, -0.15) is 0 Å². The predicted octanol–water partition coefficient (Wildman–Crippen LogP) is 6.82.